The molecule has 1 aromatic rings. The highest BCUT2D eigenvalue weighted by molar-refractivity contribution is 7.98. The lowest BCUT2D eigenvalue weighted by molar-refractivity contribution is -0.137. The Hall–Kier alpha value is -1.21. The number of carboxylic acid groups (broad SMARTS) is 1. The quantitative estimate of drug-likeness (QED) is 0.703. The van der Waals surface area contributed by atoms with E-state index in [1.165, 1.54) is 0 Å². The lowest BCUT2D eigenvalue weighted by Gasteiger charge is -2.14. The van der Waals surface area contributed by atoms with Gasteiger partial charge in [0.25, 0.3) is 0 Å². The van der Waals surface area contributed by atoms with Gasteiger partial charge in [0.15, 0.2) is 0 Å². The van der Waals surface area contributed by atoms with Crippen molar-refractivity contribution in [2.24, 2.45) is 0 Å². The normalized spacial score (nSPS) is 16.1. The molecule has 0 bridgehead atoms. The van der Waals surface area contributed by atoms with E-state index in [0.717, 1.165) is 31.1 Å². The van der Waals surface area contributed by atoms with Crippen LogP contribution in [0.5, 0.6) is 0 Å². The van der Waals surface area contributed by atoms with Gasteiger partial charge in [0.1, 0.15) is 11.9 Å². The first-order valence-corrected chi connectivity index (χ1v) is 7.36. The molecule has 1 aliphatic heterocycles. The first-order chi connectivity index (χ1) is 8.70. The predicted molar refractivity (Wildman–Crippen MR) is 72.0 cm³/mol. The predicted octanol–water partition coefficient (Wildman–Crippen LogP) is 0.604. The zero-order valence-electron chi connectivity index (χ0n) is 10.3. The van der Waals surface area contributed by atoms with E-state index in [1.54, 1.807) is 11.8 Å². The molecule has 2 heterocycles. The summed E-state index contributed by atoms with van der Waals surface area (Å²) in [5.74, 6) is 0.648. The molecule has 0 fully saturated rings. The first-order valence-electron chi connectivity index (χ1n) is 5.96. The van der Waals surface area contributed by atoms with Gasteiger partial charge < -0.3 is 15.7 Å². The second-order valence-corrected chi connectivity index (χ2v) is 5.22. The molecule has 0 amide bonds. The average molecular weight is 270 g/mol. The minimum Gasteiger partial charge on any atom is -0.480 e. The van der Waals surface area contributed by atoms with Gasteiger partial charge in [-0.15, -0.1) is 0 Å². The zero-order valence-corrected chi connectivity index (χ0v) is 11.2. The Labute approximate surface area is 110 Å². The van der Waals surface area contributed by atoms with Gasteiger partial charge in [0.2, 0.25) is 0 Å². The van der Waals surface area contributed by atoms with E-state index < -0.39 is 12.0 Å². The van der Waals surface area contributed by atoms with Crippen LogP contribution in [-0.4, -0.2) is 45.5 Å². The zero-order chi connectivity index (χ0) is 13.0. The van der Waals surface area contributed by atoms with Gasteiger partial charge in [0, 0.05) is 19.2 Å². The van der Waals surface area contributed by atoms with Crippen LogP contribution in [0.2, 0.25) is 0 Å². The number of rotatable bonds is 6. The number of hydrogen-bond donors (Lipinski definition) is 3. The van der Waals surface area contributed by atoms with Crippen molar-refractivity contribution in [1.82, 2.24) is 15.1 Å². The van der Waals surface area contributed by atoms with Crippen LogP contribution in [0, 0.1) is 0 Å². The molecule has 1 aliphatic rings. The molecule has 1 atom stereocenters. The summed E-state index contributed by atoms with van der Waals surface area (Å²) < 4.78 is 1.92. The van der Waals surface area contributed by atoms with Crippen LogP contribution in [0.15, 0.2) is 6.07 Å². The summed E-state index contributed by atoms with van der Waals surface area (Å²) >= 11 is 1.65. The molecule has 7 heteroatoms. The van der Waals surface area contributed by atoms with Crippen molar-refractivity contribution in [3.63, 3.8) is 0 Å². The number of hydrogen-bond acceptors (Lipinski definition) is 5. The molecular weight excluding hydrogens is 252 g/mol. The van der Waals surface area contributed by atoms with E-state index in [9.17, 15) is 4.79 Å². The van der Waals surface area contributed by atoms with Crippen molar-refractivity contribution < 1.29 is 9.90 Å². The number of aromatic nitrogens is 2. The van der Waals surface area contributed by atoms with Gasteiger partial charge >= 0.3 is 5.97 Å². The molecule has 0 saturated carbocycles. The molecule has 0 aromatic carbocycles. The van der Waals surface area contributed by atoms with E-state index in [4.69, 9.17) is 5.11 Å². The van der Waals surface area contributed by atoms with Crippen LogP contribution in [0.3, 0.4) is 0 Å². The first kappa shape index (κ1) is 13.2. The van der Waals surface area contributed by atoms with Crippen LogP contribution in [0.1, 0.15) is 12.1 Å². The lowest BCUT2D eigenvalue weighted by Crippen LogP contribution is -2.30. The van der Waals surface area contributed by atoms with E-state index in [2.05, 4.69) is 15.7 Å². The Kier molecular flexibility index (Phi) is 4.48. The molecule has 6 nitrogen and oxygen atoms in total. The Bertz CT molecular complexity index is 398. The number of fused-ring (bicyclic) bond motifs is 1. The fourth-order valence-corrected chi connectivity index (χ4v) is 2.41. The maximum absolute atomic E-state index is 11.1. The largest absolute Gasteiger partial charge is 0.480 e. The van der Waals surface area contributed by atoms with Gasteiger partial charge in [-0.2, -0.15) is 16.9 Å². The molecule has 3 N–H and O–H groups in total. The molecule has 0 spiro atoms. The van der Waals surface area contributed by atoms with Crippen LogP contribution in [-0.2, 0) is 17.9 Å². The van der Waals surface area contributed by atoms with E-state index in [1.807, 2.05) is 17.0 Å². The summed E-state index contributed by atoms with van der Waals surface area (Å²) in [4.78, 5) is 11.1. The standard InChI is InChI=1S/C11H18N4O2S/c1-18-5-2-9(11(16)17)13-10-6-8-7-12-3-4-15(8)14-10/h6,9,12H,2-5,7H2,1H3,(H,13,14)(H,16,17)/t9-/m0/s1. The molecule has 2 rings (SSSR count). The minimum atomic E-state index is -0.826. The van der Waals surface area contributed by atoms with Gasteiger partial charge in [-0.3, -0.25) is 4.68 Å². The fourth-order valence-electron chi connectivity index (χ4n) is 1.93. The molecule has 100 valence electrons. The second kappa shape index (κ2) is 6.10. The third-order valence-electron chi connectivity index (χ3n) is 2.90. The number of carboxylic acids is 1. The monoisotopic (exact) mass is 270 g/mol. The van der Waals surface area contributed by atoms with Crippen molar-refractivity contribution in [3.05, 3.63) is 11.8 Å². The minimum absolute atomic E-state index is 0.567. The maximum atomic E-state index is 11.1. The molecular formula is C11H18N4O2S. The number of aliphatic carboxylic acids is 1. The highest BCUT2D eigenvalue weighted by atomic mass is 32.2. The summed E-state index contributed by atoms with van der Waals surface area (Å²) in [5, 5.41) is 19.8. The van der Waals surface area contributed by atoms with Crippen molar-refractivity contribution in [1.29, 1.82) is 0 Å². The number of nitrogens with one attached hydrogen (secondary N) is 2. The molecule has 18 heavy (non-hydrogen) atoms. The van der Waals surface area contributed by atoms with Gasteiger partial charge in [-0.25, -0.2) is 4.79 Å². The van der Waals surface area contributed by atoms with Gasteiger partial charge in [0.05, 0.1) is 12.2 Å². The van der Waals surface area contributed by atoms with Crippen LogP contribution in [0.25, 0.3) is 0 Å². The van der Waals surface area contributed by atoms with Gasteiger partial charge in [-0.1, -0.05) is 0 Å². The lowest BCUT2D eigenvalue weighted by atomic mass is 10.2. The number of nitrogens with zero attached hydrogens (tertiary/aromatic N) is 2. The number of anilines is 1. The van der Waals surface area contributed by atoms with Crippen LogP contribution in [0.4, 0.5) is 5.82 Å². The van der Waals surface area contributed by atoms with E-state index in [0.29, 0.717) is 12.2 Å². The van der Waals surface area contributed by atoms with Crippen LogP contribution < -0.4 is 10.6 Å². The smallest absolute Gasteiger partial charge is 0.326 e. The third-order valence-corrected chi connectivity index (χ3v) is 3.54. The third kappa shape index (κ3) is 3.17. The summed E-state index contributed by atoms with van der Waals surface area (Å²) in [6, 6.07) is 1.35. The Morgan fingerprint density at radius 2 is 2.61 bits per heavy atom. The molecule has 0 unspecified atom stereocenters. The highest BCUT2D eigenvalue weighted by Gasteiger charge is 2.19. The molecule has 0 aliphatic carbocycles. The summed E-state index contributed by atoms with van der Waals surface area (Å²) in [7, 11) is 0. The maximum Gasteiger partial charge on any atom is 0.326 e. The molecule has 0 radical (unpaired) electrons. The van der Waals surface area contributed by atoms with E-state index >= 15 is 0 Å². The Balaban J connectivity index is 2.01. The summed E-state index contributed by atoms with van der Waals surface area (Å²) in [6.45, 7) is 2.53. The SMILES string of the molecule is CSCC[C@H](Nc1cc2n(n1)CCNC2)C(=O)O. The highest BCUT2D eigenvalue weighted by Crippen LogP contribution is 2.14. The number of thioether (sulfide) groups is 1. The Morgan fingerprint density at radius 3 is 3.28 bits per heavy atom. The Morgan fingerprint density at radius 1 is 1.78 bits per heavy atom. The summed E-state index contributed by atoms with van der Waals surface area (Å²) in [6.07, 6.45) is 2.57. The molecule has 0 saturated heterocycles. The van der Waals surface area contributed by atoms with Crippen molar-refractivity contribution >= 4 is 23.5 Å². The van der Waals surface area contributed by atoms with Crippen LogP contribution >= 0.6 is 11.8 Å². The topological polar surface area (TPSA) is 79.2 Å². The van der Waals surface area contributed by atoms with Crippen molar-refractivity contribution in [3.8, 4) is 0 Å². The number of carbonyl (C=O) groups is 1. The summed E-state index contributed by atoms with van der Waals surface area (Å²) in [5.41, 5.74) is 1.10. The fraction of sp³-hybridized carbons (Fsp3) is 0.636. The molecule has 1 aromatic heterocycles. The van der Waals surface area contributed by atoms with Gasteiger partial charge in [-0.05, 0) is 18.4 Å². The van der Waals surface area contributed by atoms with E-state index in [-0.39, 0.29) is 0 Å². The van der Waals surface area contributed by atoms with Crippen molar-refractivity contribution in [2.75, 3.05) is 23.9 Å². The average Bonchev–Trinajstić information content (AvgIpc) is 2.76. The second-order valence-electron chi connectivity index (χ2n) is 4.24. The van der Waals surface area contributed by atoms with Crippen molar-refractivity contribution in [2.45, 2.75) is 25.6 Å².